The number of benzene rings is 4. The molecule has 1 fully saturated rings. The second-order valence-corrected chi connectivity index (χ2v) is 10.9. The quantitative estimate of drug-likeness (QED) is 0.231. The van der Waals surface area contributed by atoms with E-state index in [1.165, 1.54) is 22.0 Å². The highest BCUT2D eigenvalue weighted by Gasteiger charge is 2.42. The first kappa shape index (κ1) is 25.3. The number of aromatic amines is 1. The maximum atomic E-state index is 13.8. The molecule has 0 radical (unpaired) electrons. The van der Waals surface area contributed by atoms with Crippen LogP contribution < -0.4 is 0 Å². The zero-order valence-electron chi connectivity index (χ0n) is 22.7. The fourth-order valence-electron chi connectivity index (χ4n) is 6.54. The van der Waals surface area contributed by atoms with Gasteiger partial charge in [-0.2, -0.15) is 0 Å². The molecule has 0 spiro atoms. The maximum absolute atomic E-state index is 13.8. The smallest absolute Gasteiger partial charge is 0.254 e. The average molecular weight is 518 g/mol. The van der Waals surface area contributed by atoms with Crippen LogP contribution in [0.2, 0.25) is 0 Å². The van der Waals surface area contributed by atoms with E-state index in [9.17, 15) is 4.79 Å². The van der Waals surface area contributed by atoms with Crippen molar-refractivity contribution in [2.75, 3.05) is 32.7 Å². The molecule has 6 rings (SSSR count). The number of aromatic nitrogens is 2. The number of nitrogens with one attached hydrogen (secondary N) is 1. The Hall–Kier alpha value is -3.96. The summed E-state index contributed by atoms with van der Waals surface area (Å²) in [5, 5.41) is 4.75. The van der Waals surface area contributed by atoms with Crippen LogP contribution in [0, 0.1) is 0 Å². The highest BCUT2D eigenvalue weighted by atomic mass is 16.2. The number of imidazole rings is 1. The Kier molecular flexibility index (Phi) is 7.16. The van der Waals surface area contributed by atoms with Crippen molar-refractivity contribution in [2.45, 2.75) is 32.2 Å². The van der Waals surface area contributed by atoms with E-state index in [2.05, 4.69) is 82.5 Å². The number of rotatable bonds is 8. The number of amides is 1. The van der Waals surface area contributed by atoms with E-state index < -0.39 is 0 Å². The Morgan fingerprint density at radius 1 is 0.897 bits per heavy atom. The lowest BCUT2D eigenvalue weighted by Gasteiger charge is -2.49. The Morgan fingerprint density at radius 3 is 2.28 bits per heavy atom. The zero-order valence-corrected chi connectivity index (χ0v) is 22.7. The minimum Gasteiger partial charge on any atom is -0.344 e. The van der Waals surface area contributed by atoms with Crippen LogP contribution >= 0.6 is 0 Å². The van der Waals surface area contributed by atoms with Gasteiger partial charge in [-0.25, -0.2) is 4.98 Å². The molecule has 1 atom stereocenters. The Balaban J connectivity index is 1.31. The van der Waals surface area contributed by atoms with Gasteiger partial charge in [0.25, 0.3) is 5.91 Å². The molecule has 1 amide bonds. The van der Waals surface area contributed by atoms with Crippen molar-refractivity contribution in [1.82, 2.24) is 14.9 Å². The number of unbranched alkanes of at least 4 members (excludes halogenated alkanes) is 1. The molecule has 5 nitrogen and oxygen atoms in total. The van der Waals surface area contributed by atoms with Crippen LogP contribution in [0.15, 0.2) is 97.5 Å². The minimum atomic E-state index is 0.146. The van der Waals surface area contributed by atoms with Crippen LogP contribution in [-0.2, 0) is 6.42 Å². The Labute approximate surface area is 230 Å². The molecule has 1 N–H and O–H groups in total. The fraction of sp³-hybridized carbons (Fsp3) is 0.294. The van der Waals surface area contributed by atoms with Gasteiger partial charge in [0.05, 0.1) is 50.9 Å². The predicted octanol–water partition coefficient (Wildman–Crippen LogP) is 6.77. The third-order valence-corrected chi connectivity index (χ3v) is 8.73. The second-order valence-electron chi connectivity index (χ2n) is 10.9. The third-order valence-electron chi connectivity index (χ3n) is 8.73. The summed E-state index contributed by atoms with van der Waals surface area (Å²) in [6.07, 6.45) is 7.07. The number of hydrogen-bond donors (Lipinski definition) is 1. The van der Waals surface area contributed by atoms with Gasteiger partial charge in [0.1, 0.15) is 6.04 Å². The molecule has 198 valence electrons. The summed E-state index contributed by atoms with van der Waals surface area (Å²) < 4.78 is 0.971. The second kappa shape index (κ2) is 11.0. The highest BCUT2D eigenvalue weighted by molar-refractivity contribution is 6.07. The molecule has 4 aromatic carbocycles. The largest absolute Gasteiger partial charge is 0.344 e. The van der Waals surface area contributed by atoms with Gasteiger partial charge in [0, 0.05) is 12.0 Å². The molecule has 0 bridgehead atoms. The van der Waals surface area contributed by atoms with Crippen LogP contribution in [0.5, 0.6) is 0 Å². The standard InChI is InChI=1S/C34H37N4O/c1-2-3-20-38(21-18-37(19-22-38)34(39)31-17-9-13-27-11-5-7-16-30(27)31)33(32-24-35-25-36-32)23-28-14-8-12-26-10-4-6-15-29(26)28/h4-17,24-25,33H,2-3,18-23H2,1H3,(H,35,36)/q+1/t33-/m0/s1. The van der Waals surface area contributed by atoms with Gasteiger partial charge in [-0.05, 0) is 39.6 Å². The molecule has 1 aliphatic rings. The first-order valence-corrected chi connectivity index (χ1v) is 14.3. The van der Waals surface area contributed by atoms with E-state index in [1.807, 2.05) is 36.8 Å². The van der Waals surface area contributed by atoms with E-state index in [4.69, 9.17) is 0 Å². The predicted molar refractivity (Wildman–Crippen MR) is 159 cm³/mol. The summed E-state index contributed by atoms with van der Waals surface area (Å²) in [7, 11) is 0. The van der Waals surface area contributed by atoms with Crippen LogP contribution in [0.1, 0.15) is 47.4 Å². The van der Waals surface area contributed by atoms with E-state index in [-0.39, 0.29) is 11.9 Å². The summed E-state index contributed by atoms with van der Waals surface area (Å²) in [6.45, 7) is 6.75. The number of nitrogens with zero attached hydrogens (tertiary/aromatic N) is 3. The normalized spacial score (nSPS) is 16.0. The Morgan fingerprint density at radius 2 is 1.56 bits per heavy atom. The number of carbonyl (C=O) groups excluding carboxylic acids is 1. The van der Waals surface area contributed by atoms with Gasteiger partial charge >= 0.3 is 0 Å². The number of carbonyl (C=O) groups is 1. The van der Waals surface area contributed by atoms with Crippen LogP contribution in [0.25, 0.3) is 21.5 Å². The highest BCUT2D eigenvalue weighted by Crippen LogP contribution is 2.36. The molecule has 5 heteroatoms. The summed E-state index contributed by atoms with van der Waals surface area (Å²) >= 11 is 0. The van der Waals surface area contributed by atoms with E-state index >= 15 is 0 Å². The molecule has 5 aromatic rings. The van der Waals surface area contributed by atoms with Crippen molar-refractivity contribution in [3.63, 3.8) is 0 Å². The van der Waals surface area contributed by atoms with Crippen molar-refractivity contribution in [1.29, 1.82) is 0 Å². The number of piperazine rings is 1. The molecule has 0 aliphatic carbocycles. The van der Waals surface area contributed by atoms with Crippen molar-refractivity contribution in [2.24, 2.45) is 0 Å². The molecule has 1 aliphatic heterocycles. The average Bonchev–Trinajstić information content (AvgIpc) is 3.53. The van der Waals surface area contributed by atoms with Crippen molar-refractivity contribution in [3.8, 4) is 0 Å². The summed E-state index contributed by atoms with van der Waals surface area (Å²) in [6, 6.07) is 29.8. The zero-order chi connectivity index (χ0) is 26.7. The monoisotopic (exact) mass is 517 g/mol. The molecule has 1 saturated heterocycles. The summed E-state index contributed by atoms with van der Waals surface area (Å²) in [4.78, 5) is 23.8. The van der Waals surface area contributed by atoms with Gasteiger partial charge in [0.2, 0.25) is 0 Å². The third kappa shape index (κ3) is 4.95. The molecular weight excluding hydrogens is 480 g/mol. The topological polar surface area (TPSA) is 49.0 Å². The SMILES string of the molecule is CCCC[N+]1([C@@H](Cc2cccc3ccccc23)c2cnc[nH]2)CCN(C(=O)c2cccc3ccccc23)CC1. The lowest BCUT2D eigenvalue weighted by molar-refractivity contribution is -0.960. The molecule has 39 heavy (non-hydrogen) atoms. The minimum absolute atomic E-state index is 0.146. The van der Waals surface area contributed by atoms with Crippen LogP contribution in [0.3, 0.4) is 0 Å². The first-order chi connectivity index (χ1) is 19.2. The number of quaternary nitrogens is 1. The van der Waals surface area contributed by atoms with Crippen LogP contribution in [0.4, 0.5) is 0 Å². The molecule has 2 heterocycles. The lowest BCUT2D eigenvalue weighted by Crippen LogP contribution is -2.62. The van der Waals surface area contributed by atoms with Gasteiger partial charge in [-0.3, -0.25) is 4.79 Å². The molecule has 0 saturated carbocycles. The summed E-state index contributed by atoms with van der Waals surface area (Å²) in [5.74, 6) is 0.146. The molecule has 1 aromatic heterocycles. The van der Waals surface area contributed by atoms with Crippen molar-refractivity contribution >= 4 is 27.5 Å². The van der Waals surface area contributed by atoms with Gasteiger partial charge in [-0.15, -0.1) is 0 Å². The number of H-pyrrole nitrogens is 1. The van der Waals surface area contributed by atoms with Crippen molar-refractivity contribution < 1.29 is 9.28 Å². The van der Waals surface area contributed by atoms with Gasteiger partial charge in [0.15, 0.2) is 0 Å². The van der Waals surface area contributed by atoms with E-state index in [0.29, 0.717) is 0 Å². The first-order valence-electron chi connectivity index (χ1n) is 14.3. The number of fused-ring (bicyclic) bond motifs is 2. The molecule has 0 unspecified atom stereocenters. The van der Waals surface area contributed by atoms with Crippen molar-refractivity contribution in [3.05, 3.63) is 114 Å². The summed E-state index contributed by atoms with van der Waals surface area (Å²) in [5.41, 5.74) is 3.37. The van der Waals surface area contributed by atoms with Gasteiger partial charge < -0.3 is 14.4 Å². The van der Waals surface area contributed by atoms with Crippen LogP contribution in [-0.4, -0.2) is 58.0 Å². The Bertz CT molecular complexity index is 1560. The van der Waals surface area contributed by atoms with E-state index in [0.717, 1.165) is 72.8 Å². The maximum Gasteiger partial charge on any atom is 0.254 e. The van der Waals surface area contributed by atoms with Gasteiger partial charge in [-0.1, -0.05) is 92.2 Å². The molecular formula is C34H37N4O+. The number of hydrogen-bond acceptors (Lipinski definition) is 2. The van der Waals surface area contributed by atoms with E-state index in [1.54, 1.807) is 0 Å². The fourth-order valence-corrected chi connectivity index (χ4v) is 6.54. The lowest BCUT2D eigenvalue weighted by atomic mass is 9.93.